The highest BCUT2D eigenvalue weighted by molar-refractivity contribution is 6.30. The number of carboxylic acids is 1. The third-order valence-corrected chi connectivity index (χ3v) is 3.27. The Morgan fingerprint density at radius 2 is 2.00 bits per heavy atom. The first-order valence-electron chi connectivity index (χ1n) is 5.18. The van der Waals surface area contributed by atoms with Gasteiger partial charge < -0.3 is 9.84 Å². The third-order valence-electron chi connectivity index (χ3n) is 3.02. The molecule has 0 bridgehead atoms. The lowest BCUT2D eigenvalue weighted by atomic mass is 9.80. The van der Waals surface area contributed by atoms with Gasteiger partial charge in [0.05, 0.1) is 13.2 Å². The highest BCUT2D eigenvalue weighted by Crippen LogP contribution is 2.33. The van der Waals surface area contributed by atoms with E-state index in [1.54, 1.807) is 0 Å². The van der Waals surface area contributed by atoms with Gasteiger partial charge in [0.1, 0.15) is 5.41 Å². The van der Waals surface area contributed by atoms with Gasteiger partial charge in [-0.25, -0.2) is 0 Å². The van der Waals surface area contributed by atoms with Gasteiger partial charge in [-0.05, 0) is 30.5 Å². The fourth-order valence-corrected chi connectivity index (χ4v) is 1.88. The van der Waals surface area contributed by atoms with Gasteiger partial charge in [-0.3, -0.25) is 4.79 Å². The van der Waals surface area contributed by atoms with E-state index in [1.807, 2.05) is 24.3 Å². The Balaban J connectivity index is 1.96. The first-order chi connectivity index (χ1) is 7.62. The van der Waals surface area contributed by atoms with Crippen molar-refractivity contribution in [2.45, 2.75) is 12.8 Å². The monoisotopic (exact) mass is 240 g/mol. The Bertz CT molecular complexity index is 382. The van der Waals surface area contributed by atoms with E-state index in [4.69, 9.17) is 21.4 Å². The van der Waals surface area contributed by atoms with Crippen LogP contribution in [0.3, 0.4) is 0 Å². The number of carbonyl (C=O) groups is 1. The Kier molecular flexibility index (Phi) is 3.17. The number of hydrogen-bond donors (Lipinski definition) is 1. The molecule has 2 rings (SSSR count). The Hall–Kier alpha value is -1.06. The van der Waals surface area contributed by atoms with E-state index in [1.165, 1.54) is 0 Å². The molecule has 1 aromatic rings. The van der Waals surface area contributed by atoms with Crippen LogP contribution in [0.4, 0.5) is 0 Å². The molecular weight excluding hydrogens is 228 g/mol. The summed E-state index contributed by atoms with van der Waals surface area (Å²) < 4.78 is 5.01. The molecule has 0 unspecified atom stereocenters. The highest BCUT2D eigenvalue weighted by Gasteiger charge is 2.45. The standard InChI is InChI=1S/C12H13ClO3/c13-10-3-1-9(2-4-10)5-6-12(11(14)15)7-16-8-12/h1-4H,5-8H2,(H,14,15). The van der Waals surface area contributed by atoms with Crippen LogP contribution >= 0.6 is 11.6 Å². The van der Waals surface area contributed by atoms with Gasteiger partial charge in [0, 0.05) is 5.02 Å². The van der Waals surface area contributed by atoms with Crippen molar-refractivity contribution in [3.63, 3.8) is 0 Å². The summed E-state index contributed by atoms with van der Waals surface area (Å²) in [5.41, 5.74) is 0.441. The molecule has 86 valence electrons. The lowest BCUT2D eigenvalue weighted by Crippen LogP contribution is -2.49. The maximum absolute atomic E-state index is 11.1. The second kappa shape index (κ2) is 4.44. The van der Waals surface area contributed by atoms with Gasteiger partial charge in [0.2, 0.25) is 0 Å². The molecule has 0 aliphatic carbocycles. The highest BCUT2D eigenvalue weighted by atomic mass is 35.5. The summed E-state index contributed by atoms with van der Waals surface area (Å²) in [4.78, 5) is 11.1. The van der Waals surface area contributed by atoms with E-state index in [-0.39, 0.29) is 0 Å². The molecule has 0 atom stereocenters. The fourth-order valence-electron chi connectivity index (χ4n) is 1.76. The zero-order valence-corrected chi connectivity index (χ0v) is 9.54. The zero-order chi connectivity index (χ0) is 11.6. The first-order valence-corrected chi connectivity index (χ1v) is 5.56. The average molecular weight is 241 g/mol. The number of benzene rings is 1. The lowest BCUT2D eigenvalue weighted by Gasteiger charge is -2.37. The van der Waals surface area contributed by atoms with Crippen molar-refractivity contribution < 1.29 is 14.6 Å². The summed E-state index contributed by atoms with van der Waals surface area (Å²) in [6.07, 6.45) is 1.36. The molecule has 1 fully saturated rings. The van der Waals surface area contributed by atoms with Crippen molar-refractivity contribution in [1.29, 1.82) is 0 Å². The molecule has 0 spiro atoms. The van der Waals surface area contributed by atoms with Crippen molar-refractivity contribution in [2.24, 2.45) is 5.41 Å². The minimum atomic E-state index is -0.757. The maximum Gasteiger partial charge on any atom is 0.314 e. The smallest absolute Gasteiger partial charge is 0.314 e. The van der Waals surface area contributed by atoms with Crippen molar-refractivity contribution in [3.8, 4) is 0 Å². The van der Waals surface area contributed by atoms with Gasteiger partial charge in [0.25, 0.3) is 0 Å². The first kappa shape index (κ1) is 11.4. The van der Waals surface area contributed by atoms with E-state index in [9.17, 15) is 4.79 Å². The van der Waals surface area contributed by atoms with Crippen LogP contribution in [-0.2, 0) is 16.0 Å². The van der Waals surface area contributed by atoms with E-state index in [2.05, 4.69) is 0 Å². The Labute approximate surface area is 99.0 Å². The second-order valence-corrected chi connectivity index (χ2v) is 4.64. The zero-order valence-electron chi connectivity index (χ0n) is 8.78. The van der Waals surface area contributed by atoms with Gasteiger partial charge >= 0.3 is 5.97 Å². The van der Waals surface area contributed by atoms with E-state index in [0.29, 0.717) is 24.7 Å². The molecule has 1 heterocycles. The van der Waals surface area contributed by atoms with Crippen LogP contribution in [0.25, 0.3) is 0 Å². The molecular formula is C12H13ClO3. The molecule has 0 aromatic heterocycles. The fraction of sp³-hybridized carbons (Fsp3) is 0.417. The summed E-state index contributed by atoms with van der Waals surface area (Å²) in [7, 11) is 0. The molecule has 0 saturated carbocycles. The van der Waals surface area contributed by atoms with Gasteiger partial charge in [-0.15, -0.1) is 0 Å². The number of ether oxygens (including phenoxy) is 1. The summed E-state index contributed by atoms with van der Waals surface area (Å²) in [6.45, 7) is 0.659. The van der Waals surface area contributed by atoms with Crippen molar-refractivity contribution in [2.75, 3.05) is 13.2 Å². The molecule has 0 amide bonds. The molecule has 4 heteroatoms. The number of halogens is 1. The van der Waals surface area contributed by atoms with E-state index in [0.717, 1.165) is 12.0 Å². The summed E-state index contributed by atoms with van der Waals surface area (Å²) in [5.74, 6) is -0.757. The van der Waals surface area contributed by atoms with Crippen LogP contribution in [0.15, 0.2) is 24.3 Å². The predicted molar refractivity (Wildman–Crippen MR) is 60.7 cm³/mol. The minimum absolute atomic E-state index is 0.329. The molecule has 1 aliphatic rings. The Morgan fingerprint density at radius 3 is 2.44 bits per heavy atom. The number of aliphatic carboxylic acids is 1. The minimum Gasteiger partial charge on any atom is -0.481 e. The number of hydrogen-bond acceptors (Lipinski definition) is 2. The van der Waals surface area contributed by atoms with Gasteiger partial charge in [0.15, 0.2) is 0 Å². The molecule has 1 aliphatic heterocycles. The molecule has 0 radical (unpaired) electrons. The second-order valence-electron chi connectivity index (χ2n) is 4.20. The maximum atomic E-state index is 11.1. The molecule has 16 heavy (non-hydrogen) atoms. The van der Waals surface area contributed by atoms with E-state index < -0.39 is 11.4 Å². The van der Waals surface area contributed by atoms with Crippen molar-refractivity contribution in [3.05, 3.63) is 34.9 Å². The van der Waals surface area contributed by atoms with E-state index >= 15 is 0 Å². The van der Waals surface area contributed by atoms with Crippen LogP contribution in [0, 0.1) is 5.41 Å². The van der Waals surface area contributed by atoms with Crippen LogP contribution in [-0.4, -0.2) is 24.3 Å². The van der Waals surface area contributed by atoms with Gasteiger partial charge in [-0.1, -0.05) is 23.7 Å². The lowest BCUT2D eigenvalue weighted by molar-refractivity contribution is -0.180. The molecule has 1 saturated heterocycles. The summed E-state index contributed by atoms with van der Waals surface area (Å²) in [6, 6.07) is 7.50. The molecule has 1 N–H and O–H groups in total. The Morgan fingerprint density at radius 1 is 1.38 bits per heavy atom. The van der Waals surface area contributed by atoms with Crippen LogP contribution in [0.1, 0.15) is 12.0 Å². The normalized spacial score (nSPS) is 17.8. The third kappa shape index (κ3) is 2.20. The van der Waals surface area contributed by atoms with Crippen molar-refractivity contribution >= 4 is 17.6 Å². The number of aryl methyl sites for hydroxylation is 1. The van der Waals surface area contributed by atoms with Gasteiger partial charge in [-0.2, -0.15) is 0 Å². The summed E-state index contributed by atoms with van der Waals surface area (Å²) >= 11 is 5.78. The largest absolute Gasteiger partial charge is 0.481 e. The predicted octanol–water partition coefficient (Wildman–Crippen LogP) is 2.37. The van der Waals surface area contributed by atoms with Crippen LogP contribution < -0.4 is 0 Å². The SMILES string of the molecule is O=C(O)C1(CCc2ccc(Cl)cc2)COC1. The molecule has 3 nitrogen and oxygen atoms in total. The molecule has 1 aromatic carbocycles. The van der Waals surface area contributed by atoms with Crippen LogP contribution in [0.5, 0.6) is 0 Å². The number of rotatable bonds is 4. The number of carboxylic acid groups (broad SMARTS) is 1. The topological polar surface area (TPSA) is 46.5 Å². The quantitative estimate of drug-likeness (QED) is 0.879. The average Bonchev–Trinajstić information content (AvgIpc) is 2.18. The van der Waals surface area contributed by atoms with Crippen molar-refractivity contribution in [1.82, 2.24) is 0 Å². The van der Waals surface area contributed by atoms with Crippen LogP contribution in [0.2, 0.25) is 5.02 Å². The summed E-state index contributed by atoms with van der Waals surface area (Å²) in [5, 5.41) is 9.80.